The summed E-state index contributed by atoms with van der Waals surface area (Å²) in [5.74, 6) is 0.246. The van der Waals surface area contributed by atoms with Crippen molar-refractivity contribution < 1.29 is 19.3 Å². The van der Waals surface area contributed by atoms with Crippen LogP contribution in [0.5, 0.6) is 11.5 Å². The Morgan fingerprint density at radius 2 is 2.12 bits per heavy atom. The minimum Gasteiger partial charge on any atom is -0.507 e. The Labute approximate surface area is 94.8 Å². The average molecular weight is 224 g/mol. The van der Waals surface area contributed by atoms with Crippen LogP contribution in [0.3, 0.4) is 0 Å². The van der Waals surface area contributed by atoms with Gasteiger partial charge >= 0.3 is 0 Å². The van der Waals surface area contributed by atoms with Crippen molar-refractivity contribution in [3.8, 4) is 11.5 Å². The normalized spacial score (nSPS) is 23.9. The molecule has 0 fully saturated rings. The lowest BCUT2D eigenvalue weighted by atomic mass is 9.96. The van der Waals surface area contributed by atoms with E-state index in [0.717, 1.165) is 11.1 Å². The van der Waals surface area contributed by atoms with Crippen molar-refractivity contribution in [2.24, 2.45) is 0 Å². The summed E-state index contributed by atoms with van der Waals surface area (Å²) in [4.78, 5) is 0. The van der Waals surface area contributed by atoms with E-state index in [1.54, 1.807) is 20.3 Å². The SMILES string of the molecule is COc1cc(O)c2c(c1)CC(C)(OC)OC2. The highest BCUT2D eigenvalue weighted by molar-refractivity contribution is 5.46. The smallest absolute Gasteiger partial charge is 0.169 e. The third-order valence-corrected chi connectivity index (χ3v) is 2.99. The number of phenols is 1. The van der Waals surface area contributed by atoms with E-state index in [2.05, 4.69) is 0 Å². The molecule has 1 heterocycles. The summed E-state index contributed by atoms with van der Waals surface area (Å²) in [7, 11) is 3.20. The van der Waals surface area contributed by atoms with Crippen LogP contribution in [0, 0.1) is 0 Å². The zero-order valence-corrected chi connectivity index (χ0v) is 9.74. The average Bonchev–Trinajstić information content (AvgIpc) is 2.28. The third-order valence-electron chi connectivity index (χ3n) is 2.99. The molecule has 0 radical (unpaired) electrons. The predicted molar refractivity (Wildman–Crippen MR) is 58.6 cm³/mol. The van der Waals surface area contributed by atoms with Crippen LogP contribution in [0.4, 0.5) is 0 Å². The van der Waals surface area contributed by atoms with Crippen molar-refractivity contribution in [1.82, 2.24) is 0 Å². The number of methoxy groups -OCH3 is 2. The zero-order chi connectivity index (χ0) is 11.8. The third kappa shape index (κ3) is 1.86. The van der Waals surface area contributed by atoms with Gasteiger partial charge < -0.3 is 19.3 Å². The molecule has 1 atom stereocenters. The molecular formula is C12H16O4. The van der Waals surface area contributed by atoms with Crippen molar-refractivity contribution in [1.29, 1.82) is 0 Å². The van der Waals surface area contributed by atoms with Crippen LogP contribution in [-0.4, -0.2) is 25.1 Å². The van der Waals surface area contributed by atoms with Gasteiger partial charge in [-0.2, -0.15) is 0 Å². The van der Waals surface area contributed by atoms with E-state index in [9.17, 15) is 5.11 Å². The lowest BCUT2D eigenvalue weighted by Crippen LogP contribution is -2.37. The van der Waals surface area contributed by atoms with Gasteiger partial charge in [0.05, 0.1) is 13.7 Å². The van der Waals surface area contributed by atoms with Crippen molar-refractivity contribution in [2.45, 2.75) is 25.7 Å². The number of phenolic OH excluding ortho intramolecular Hbond substituents is 1. The Morgan fingerprint density at radius 3 is 2.75 bits per heavy atom. The van der Waals surface area contributed by atoms with Crippen LogP contribution in [0.25, 0.3) is 0 Å². The van der Waals surface area contributed by atoms with E-state index in [-0.39, 0.29) is 5.75 Å². The number of ether oxygens (including phenoxy) is 3. The molecule has 0 spiro atoms. The van der Waals surface area contributed by atoms with Gasteiger partial charge in [-0.3, -0.25) is 0 Å². The molecule has 1 aromatic carbocycles. The number of hydrogen-bond donors (Lipinski definition) is 1. The number of rotatable bonds is 2. The van der Waals surface area contributed by atoms with Crippen molar-refractivity contribution in [3.05, 3.63) is 23.3 Å². The maximum Gasteiger partial charge on any atom is 0.169 e. The molecule has 1 N–H and O–H groups in total. The van der Waals surface area contributed by atoms with Crippen LogP contribution in [-0.2, 0) is 22.5 Å². The number of hydrogen-bond acceptors (Lipinski definition) is 4. The summed E-state index contributed by atoms with van der Waals surface area (Å²) in [6.07, 6.45) is 0.601. The molecule has 0 saturated heterocycles. The molecule has 0 aliphatic carbocycles. The van der Waals surface area contributed by atoms with Gasteiger partial charge in [0.15, 0.2) is 5.79 Å². The molecular weight excluding hydrogens is 208 g/mol. The highest BCUT2D eigenvalue weighted by atomic mass is 16.7. The molecule has 0 aromatic heterocycles. The predicted octanol–water partition coefficient (Wildman–Crippen LogP) is 1.84. The molecule has 1 aliphatic rings. The van der Waals surface area contributed by atoms with Crippen LogP contribution in [0.15, 0.2) is 12.1 Å². The van der Waals surface area contributed by atoms with Gasteiger partial charge in [-0.15, -0.1) is 0 Å². The first kappa shape index (κ1) is 11.2. The lowest BCUT2D eigenvalue weighted by molar-refractivity contribution is -0.223. The Balaban J connectivity index is 2.40. The molecule has 16 heavy (non-hydrogen) atoms. The number of aromatic hydroxyl groups is 1. The quantitative estimate of drug-likeness (QED) is 0.832. The second-order valence-electron chi connectivity index (χ2n) is 4.09. The first-order valence-corrected chi connectivity index (χ1v) is 5.16. The summed E-state index contributed by atoms with van der Waals surface area (Å²) in [6, 6.07) is 3.51. The minimum absolute atomic E-state index is 0.215. The summed E-state index contributed by atoms with van der Waals surface area (Å²) in [5, 5.41) is 9.81. The summed E-state index contributed by atoms with van der Waals surface area (Å²) in [5.41, 5.74) is 1.82. The largest absolute Gasteiger partial charge is 0.507 e. The maximum atomic E-state index is 9.81. The van der Waals surface area contributed by atoms with Gasteiger partial charge in [0.25, 0.3) is 0 Å². The molecule has 2 rings (SSSR count). The van der Waals surface area contributed by atoms with Gasteiger partial charge in [0.2, 0.25) is 0 Å². The standard InChI is InChI=1S/C12H16O4/c1-12(15-3)6-8-4-9(14-2)5-11(13)10(8)7-16-12/h4-5,13H,6-7H2,1-3H3. The molecule has 4 nitrogen and oxygen atoms in total. The maximum absolute atomic E-state index is 9.81. The topological polar surface area (TPSA) is 47.9 Å². The first-order chi connectivity index (χ1) is 7.58. The fourth-order valence-corrected chi connectivity index (χ4v) is 1.88. The van der Waals surface area contributed by atoms with Crippen LogP contribution < -0.4 is 4.74 Å². The minimum atomic E-state index is -0.619. The van der Waals surface area contributed by atoms with Gasteiger partial charge in [-0.1, -0.05) is 0 Å². The van der Waals surface area contributed by atoms with E-state index >= 15 is 0 Å². The van der Waals surface area contributed by atoms with E-state index in [4.69, 9.17) is 14.2 Å². The Kier molecular flexibility index (Phi) is 2.78. The molecule has 88 valence electrons. The molecule has 1 aliphatic heterocycles. The van der Waals surface area contributed by atoms with Gasteiger partial charge in [0, 0.05) is 25.2 Å². The van der Waals surface area contributed by atoms with Crippen molar-refractivity contribution in [2.75, 3.05) is 14.2 Å². The van der Waals surface area contributed by atoms with Crippen molar-refractivity contribution in [3.63, 3.8) is 0 Å². The number of fused-ring (bicyclic) bond motifs is 1. The van der Waals surface area contributed by atoms with Gasteiger partial charge in [-0.25, -0.2) is 0 Å². The molecule has 0 saturated carbocycles. The first-order valence-electron chi connectivity index (χ1n) is 5.16. The fraction of sp³-hybridized carbons (Fsp3) is 0.500. The zero-order valence-electron chi connectivity index (χ0n) is 9.74. The van der Waals surface area contributed by atoms with Crippen LogP contribution in [0.1, 0.15) is 18.1 Å². The van der Waals surface area contributed by atoms with Gasteiger partial charge in [0.1, 0.15) is 11.5 Å². The van der Waals surface area contributed by atoms with E-state index in [1.807, 2.05) is 13.0 Å². The summed E-state index contributed by atoms with van der Waals surface area (Å²) >= 11 is 0. The second kappa shape index (κ2) is 3.96. The van der Waals surface area contributed by atoms with E-state index < -0.39 is 5.79 Å². The molecule has 0 bridgehead atoms. The summed E-state index contributed by atoms with van der Waals surface area (Å²) < 4.78 is 16.0. The Hall–Kier alpha value is -1.26. The Morgan fingerprint density at radius 1 is 1.38 bits per heavy atom. The van der Waals surface area contributed by atoms with Crippen molar-refractivity contribution >= 4 is 0 Å². The summed E-state index contributed by atoms with van der Waals surface area (Å²) in [6.45, 7) is 2.24. The van der Waals surface area contributed by atoms with E-state index in [0.29, 0.717) is 18.8 Å². The van der Waals surface area contributed by atoms with Crippen LogP contribution in [0.2, 0.25) is 0 Å². The molecule has 4 heteroatoms. The molecule has 0 amide bonds. The molecule has 1 unspecified atom stereocenters. The highest BCUT2D eigenvalue weighted by Gasteiger charge is 2.32. The second-order valence-corrected chi connectivity index (χ2v) is 4.09. The van der Waals surface area contributed by atoms with Gasteiger partial charge in [-0.05, 0) is 18.6 Å². The highest BCUT2D eigenvalue weighted by Crippen LogP contribution is 2.36. The Bertz CT molecular complexity index is 402. The monoisotopic (exact) mass is 224 g/mol. The fourth-order valence-electron chi connectivity index (χ4n) is 1.88. The molecule has 1 aromatic rings. The number of benzene rings is 1. The van der Waals surface area contributed by atoms with E-state index in [1.165, 1.54) is 0 Å². The van der Waals surface area contributed by atoms with Crippen LogP contribution >= 0.6 is 0 Å². The lowest BCUT2D eigenvalue weighted by Gasteiger charge is -2.34.